The predicted molar refractivity (Wildman–Crippen MR) is 89.5 cm³/mol. The molecule has 2 aromatic rings. The molecule has 0 saturated carbocycles. The highest BCUT2D eigenvalue weighted by Crippen LogP contribution is 2.16. The summed E-state index contributed by atoms with van der Waals surface area (Å²) in [5.41, 5.74) is 2.15. The van der Waals surface area contributed by atoms with Crippen LogP contribution in [0.25, 0.3) is 0 Å². The van der Waals surface area contributed by atoms with E-state index in [0.29, 0.717) is 11.6 Å². The molecule has 0 atom stereocenters. The first-order valence-corrected chi connectivity index (χ1v) is 7.26. The molecule has 6 nitrogen and oxygen atoms in total. The summed E-state index contributed by atoms with van der Waals surface area (Å²) in [5, 5.41) is 5.90. The van der Waals surface area contributed by atoms with Gasteiger partial charge in [-0.1, -0.05) is 6.92 Å². The molecule has 116 valence electrons. The Morgan fingerprint density at radius 1 is 1.18 bits per heavy atom. The van der Waals surface area contributed by atoms with Crippen molar-refractivity contribution in [3.05, 3.63) is 42.2 Å². The van der Waals surface area contributed by atoms with Crippen molar-refractivity contribution in [2.45, 2.75) is 13.3 Å². The zero-order valence-corrected chi connectivity index (χ0v) is 13.1. The molecule has 1 aromatic carbocycles. The van der Waals surface area contributed by atoms with Crippen molar-refractivity contribution in [3.63, 3.8) is 0 Å². The third-order valence-corrected chi connectivity index (χ3v) is 3.06. The van der Waals surface area contributed by atoms with Gasteiger partial charge in [0.25, 0.3) is 5.91 Å². The lowest BCUT2D eigenvalue weighted by Gasteiger charge is -2.13. The van der Waals surface area contributed by atoms with E-state index in [1.165, 1.54) is 0 Å². The van der Waals surface area contributed by atoms with Gasteiger partial charge in [-0.2, -0.15) is 0 Å². The van der Waals surface area contributed by atoms with Crippen molar-refractivity contribution in [1.29, 1.82) is 0 Å². The summed E-state index contributed by atoms with van der Waals surface area (Å²) in [5.74, 6) is 0.219. The Morgan fingerprint density at radius 3 is 2.55 bits per heavy atom. The number of nitrogens with zero attached hydrogens (tertiary/aromatic N) is 3. The van der Waals surface area contributed by atoms with E-state index in [-0.39, 0.29) is 5.91 Å². The molecule has 0 saturated heterocycles. The molecule has 0 radical (unpaired) electrons. The predicted octanol–water partition coefficient (Wildman–Crippen LogP) is 2.62. The molecule has 2 N–H and O–H groups in total. The smallest absolute Gasteiger partial charge is 0.274 e. The molecule has 0 aliphatic heterocycles. The van der Waals surface area contributed by atoms with Crippen molar-refractivity contribution < 1.29 is 4.79 Å². The van der Waals surface area contributed by atoms with E-state index in [1.807, 2.05) is 43.3 Å². The van der Waals surface area contributed by atoms with Crippen LogP contribution in [0.3, 0.4) is 0 Å². The van der Waals surface area contributed by atoms with E-state index in [0.717, 1.165) is 24.3 Å². The van der Waals surface area contributed by atoms with Gasteiger partial charge in [-0.15, -0.1) is 0 Å². The van der Waals surface area contributed by atoms with Crippen LogP contribution in [0.1, 0.15) is 23.8 Å². The van der Waals surface area contributed by atoms with Crippen molar-refractivity contribution in [3.8, 4) is 0 Å². The highest BCUT2D eigenvalue weighted by atomic mass is 16.1. The summed E-state index contributed by atoms with van der Waals surface area (Å²) < 4.78 is 0. The highest BCUT2D eigenvalue weighted by molar-refractivity contribution is 6.03. The van der Waals surface area contributed by atoms with Crippen LogP contribution < -0.4 is 15.5 Å². The number of anilines is 3. The Bertz CT molecular complexity index is 625. The van der Waals surface area contributed by atoms with E-state index in [9.17, 15) is 4.79 Å². The number of hydrogen-bond acceptors (Lipinski definition) is 5. The SMILES string of the molecule is CCCNc1nccc(C(=O)Nc2ccc(N(C)C)cc2)n1. The molecule has 0 aliphatic carbocycles. The molecule has 2 rings (SSSR count). The zero-order valence-electron chi connectivity index (χ0n) is 13.1. The van der Waals surface area contributed by atoms with Crippen LogP contribution in [0.2, 0.25) is 0 Å². The van der Waals surface area contributed by atoms with Gasteiger partial charge in [0, 0.05) is 38.2 Å². The molecular weight excluding hydrogens is 278 g/mol. The van der Waals surface area contributed by atoms with Crippen molar-refractivity contribution >= 4 is 23.2 Å². The number of aromatic nitrogens is 2. The number of carbonyl (C=O) groups excluding carboxylic acids is 1. The summed E-state index contributed by atoms with van der Waals surface area (Å²) in [6, 6.07) is 9.23. The fourth-order valence-corrected chi connectivity index (χ4v) is 1.85. The maximum atomic E-state index is 12.2. The standard InChI is InChI=1S/C16H21N5O/c1-4-10-17-16-18-11-9-14(20-16)15(22)19-12-5-7-13(8-6-12)21(2)3/h5-9,11H,4,10H2,1-3H3,(H,19,22)(H,17,18,20). The Balaban J connectivity index is 2.05. The lowest BCUT2D eigenvalue weighted by molar-refractivity contribution is 0.102. The third-order valence-electron chi connectivity index (χ3n) is 3.06. The van der Waals surface area contributed by atoms with Gasteiger partial charge in [0.15, 0.2) is 0 Å². The maximum Gasteiger partial charge on any atom is 0.274 e. The van der Waals surface area contributed by atoms with Gasteiger partial charge >= 0.3 is 0 Å². The molecule has 0 spiro atoms. The molecule has 1 aromatic heterocycles. The van der Waals surface area contributed by atoms with Crippen LogP contribution in [0.15, 0.2) is 36.5 Å². The first kappa shape index (κ1) is 15.8. The fraction of sp³-hybridized carbons (Fsp3) is 0.312. The van der Waals surface area contributed by atoms with Crippen LogP contribution in [0.4, 0.5) is 17.3 Å². The maximum absolute atomic E-state index is 12.2. The number of carbonyl (C=O) groups is 1. The monoisotopic (exact) mass is 299 g/mol. The van der Waals surface area contributed by atoms with Crippen LogP contribution in [0.5, 0.6) is 0 Å². The van der Waals surface area contributed by atoms with Crippen LogP contribution >= 0.6 is 0 Å². The van der Waals surface area contributed by atoms with Crippen LogP contribution in [-0.4, -0.2) is 36.5 Å². The molecule has 0 bridgehead atoms. The summed E-state index contributed by atoms with van der Waals surface area (Å²) in [6.45, 7) is 2.83. The first-order valence-electron chi connectivity index (χ1n) is 7.26. The van der Waals surface area contributed by atoms with Crippen molar-refractivity contribution in [2.24, 2.45) is 0 Å². The Hall–Kier alpha value is -2.63. The second-order valence-corrected chi connectivity index (χ2v) is 5.09. The van der Waals surface area contributed by atoms with Gasteiger partial charge in [-0.3, -0.25) is 4.79 Å². The zero-order chi connectivity index (χ0) is 15.9. The largest absolute Gasteiger partial charge is 0.378 e. The van der Waals surface area contributed by atoms with Gasteiger partial charge in [-0.05, 0) is 36.8 Å². The number of hydrogen-bond donors (Lipinski definition) is 2. The average molecular weight is 299 g/mol. The fourth-order valence-electron chi connectivity index (χ4n) is 1.85. The van der Waals surface area contributed by atoms with E-state index in [2.05, 4.69) is 27.5 Å². The molecule has 1 amide bonds. The minimum Gasteiger partial charge on any atom is -0.378 e. The lowest BCUT2D eigenvalue weighted by Crippen LogP contribution is -2.15. The summed E-state index contributed by atoms with van der Waals surface area (Å²) in [7, 11) is 3.94. The van der Waals surface area contributed by atoms with Gasteiger partial charge in [0.1, 0.15) is 5.69 Å². The van der Waals surface area contributed by atoms with Crippen molar-refractivity contribution in [2.75, 3.05) is 36.2 Å². The van der Waals surface area contributed by atoms with Crippen LogP contribution in [-0.2, 0) is 0 Å². The van der Waals surface area contributed by atoms with Crippen molar-refractivity contribution in [1.82, 2.24) is 9.97 Å². The molecule has 0 aliphatic rings. The Kier molecular flexibility index (Phi) is 5.30. The third kappa shape index (κ3) is 4.18. The molecule has 0 fully saturated rings. The number of benzene rings is 1. The second-order valence-electron chi connectivity index (χ2n) is 5.09. The van der Waals surface area contributed by atoms with Crippen LogP contribution in [0, 0.1) is 0 Å². The Labute approximate surface area is 130 Å². The van der Waals surface area contributed by atoms with Gasteiger partial charge in [-0.25, -0.2) is 9.97 Å². The summed E-state index contributed by atoms with van der Waals surface area (Å²) in [6.07, 6.45) is 2.55. The average Bonchev–Trinajstić information content (AvgIpc) is 2.53. The minimum absolute atomic E-state index is 0.250. The van der Waals surface area contributed by atoms with E-state index < -0.39 is 0 Å². The van der Waals surface area contributed by atoms with Gasteiger partial charge in [0.2, 0.25) is 5.95 Å². The quantitative estimate of drug-likeness (QED) is 0.858. The second kappa shape index (κ2) is 7.40. The first-order chi connectivity index (χ1) is 10.6. The molecular formula is C16H21N5O. The summed E-state index contributed by atoms with van der Waals surface area (Å²) in [4.78, 5) is 22.5. The Morgan fingerprint density at radius 2 is 1.91 bits per heavy atom. The normalized spacial score (nSPS) is 10.1. The van der Waals surface area contributed by atoms with E-state index >= 15 is 0 Å². The number of amides is 1. The number of nitrogens with one attached hydrogen (secondary N) is 2. The topological polar surface area (TPSA) is 70.2 Å². The van der Waals surface area contributed by atoms with Gasteiger partial charge in [0.05, 0.1) is 0 Å². The summed E-state index contributed by atoms with van der Waals surface area (Å²) >= 11 is 0. The molecule has 0 unspecified atom stereocenters. The number of rotatable bonds is 6. The van der Waals surface area contributed by atoms with Gasteiger partial charge < -0.3 is 15.5 Å². The molecule has 1 heterocycles. The minimum atomic E-state index is -0.250. The van der Waals surface area contributed by atoms with E-state index in [1.54, 1.807) is 12.3 Å². The molecule has 22 heavy (non-hydrogen) atoms. The lowest BCUT2D eigenvalue weighted by atomic mass is 10.2. The van der Waals surface area contributed by atoms with E-state index in [4.69, 9.17) is 0 Å². The highest BCUT2D eigenvalue weighted by Gasteiger charge is 2.09. The molecule has 6 heteroatoms.